The summed E-state index contributed by atoms with van der Waals surface area (Å²) < 4.78 is 0. The molecule has 1 aliphatic heterocycles. The molecule has 0 amide bonds. The molecule has 0 N–H and O–H groups in total. The quantitative estimate of drug-likeness (QED) is 0.738. The molecule has 3 saturated carbocycles. The SMILES string of the molecule is C=CN1C=CC2(C)C3CCC4C(CC#N)CCC4C3CCC12. The van der Waals surface area contributed by atoms with Gasteiger partial charge in [0, 0.05) is 24.1 Å². The molecule has 0 bridgehead atoms. The van der Waals surface area contributed by atoms with Crippen LogP contribution in [0, 0.1) is 46.3 Å². The Balaban J connectivity index is 1.58. The van der Waals surface area contributed by atoms with E-state index in [2.05, 4.69) is 36.7 Å². The first-order valence-corrected chi connectivity index (χ1v) is 9.15. The van der Waals surface area contributed by atoms with E-state index in [-0.39, 0.29) is 0 Å². The van der Waals surface area contributed by atoms with Crippen molar-refractivity contribution < 1.29 is 0 Å². The highest BCUT2D eigenvalue weighted by atomic mass is 15.2. The zero-order valence-electron chi connectivity index (χ0n) is 13.7. The van der Waals surface area contributed by atoms with E-state index in [9.17, 15) is 0 Å². The van der Waals surface area contributed by atoms with Crippen LogP contribution >= 0.6 is 0 Å². The molecule has 0 spiro atoms. The molecule has 3 fully saturated rings. The Kier molecular flexibility index (Phi) is 3.36. The highest BCUT2D eigenvalue weighted by molar-refractivity contribution is 5.20. The van der Waals surface area contributed by atoms with Crippen molar-refractivity contribution in [2.24, 2.45) is 35.0 Å². The number of hydrogen-bond acceptors (Lipinski definition) is 2. The summed E-state index contributed by atoms with van der Waals surface area (Å²) in [7, 11) is 0. The first-order valence-electron chi connectivity index (χ1n) is 9.15. The zero-order valence-corrected chi connectivity index (χ0v) is 13.7. The van der Waals surface area contributed by atoms with Crippen LogP contribution in [0.4, 0.5) is 0 Å². The molecule has 2 nitrogen and oxygen atoms in total. The Bertz CT molecular complexity index is 530. The van der Waals surface area contributed by atoms with Gasteiger partial charge in [-0.2, -0.15) is 5.26 Å². The normalized spacial score (nSPS) is 49.2. The van der Waals surface area contributed by atoms with Crippen molar-refractivity contribution in [3.63, 3.8) is 0 Å². The molecule has 4 rings (SSSR count). The van der Waals surface area contributed by atoms with Gasteiger partial charge in [0.05, 0.1) is 6.07 Å². The van der Waals surface area contributed by atoms with Crippen molar-refractivity contribution in [1.29, 1.82) is 5.26 Å². The maximum atomic E-state index is 9.10. The standard InChI is InChI=1S/C20H28N2/c1-3-22-13-11-20(2)18-8-6-15-14(10-12-21)4-5-16(15)17(18)7-9-19(20)22/h3,11,13-19H,1,4-10H2,2H3. The van der Waals surface area contributed by atoms with Gasteiger partial charge in [-0.25, -0.2) is 0 Å². The second kappa shape index (κ2) is 5.15. The lowest BCUT2D eigenvalue weighted by atomic mass is 9.52. The van der Waals surface area contributed by atoms with Gasteiger partial charge >= 0.3 is 0 Å². The molecule has 1 heterocycles. The van der Waals surface area contributed by atoms with E-state index in [4.69, 9.17) is 5.26 Å². The molecule has 0 radical (unpaired) electrons. The van der Waals surface area contributed by atoms with Crippen LogP contribution in [0.3, 0.4) is 0 Å². The Morgan fingerprint density at radius 2 is 1.95 bits per heavy atom. The summed E-state index contributed by atoms with van der Waals surface area (Å²) in [5, 5.41) is 9.10. The minimum Gasteiger partial charge on any atom is -0.351 e. The van der Waals surface area contributed by atoms with Crippen LogP contribution in [0.2, 0.25) is 0 Å². The van der Waals surface area contributed by atoms with E-state index >= 15 is 0 Å². The van der Waals surface area contributed by atoms with E-state index < -0.39 is 0 Å². The first kappa shape index (κ1) is 14.4. The minimum absolute atomic E-state index is 0.343. The zero-order chi connectivity index (χ0) is 15.3. The Labute approximate surface area is 134 Å². The van der Waals surface area contributed by atoms with Gasteiger partial charge in [-0.3, -0.25) is 0 Å². The van der Waals surface area contributed by atoms with Gasteiger partial charge in [-0.1, -0.05) is 19.6 Å². The van der Waals surface area contributed by atoms with E-state index in [1.54, 1.807) is 0 Å². The van der Waals surface area contributed by atoms with Gasteiger partial charge in [0.2, 0.25) is 0 Å². The van der Waals surface area contributed by atoms with E-state index in [0.29, 0.717) is 17.4 Å². The Morgan fingerprint density at radius 1 is 1.18 bits per heavy atom. The average Bonchev–Trinajstić information content (AvgIpc) is 3.08. The van der Waals surface area contributed by atoms with Crippen molar-refractivity contribution >= 4 is 0 Å². The molecule has 3 aliphatic carbocycles. The molecule has 22 heavy (non-hydrogen) atoms. The monoisotopic (exact) mass is 296 g/mol. The second-order valence-electron chi connectivity index (χ2n) is 8.28. The van der Waals surface area contributed by atoms with Crippen LogP contribution in [-0.2, 0) is 0 Å². The largest absolute Gasteiger partial charge is 0.351 e. The minimum atomic E-state index is 0.343. The number of rotatable bonds is 2. The smallest absolute Gasteiger partial charge is 0.0624 e. The van der Waals surface area contributed by atoms with Gasteiger partial charge < -0.3 is 4.90 Å². The summed E-state index contributed by atoms with van der Waals surface area (Å²) in [5.74, 6) is 4.20. The molecular weight excluding hydrogens is 268 g/mol. The molecule has 2 heteroatoms. The molecule has 0 saturated heterocycles. The predicted octanol–water partition coefficient (Wildman–Crippen LogP) is 4.71. The topological polar surface area (TPSA) is 27.0 Å². The second-order valence-corrected chi connectivity index (χ2v) is 8.28. The van der Waals surface area contributed by atoms with Crippen LogP contribution in [0.1, 0.15) is 51.9 Å². The van der Waals surface area contributed by atoms with Crippen molar-refractivity contribution in [1.82, 2.24) is 4.90 Å². The van der Waals surface area contributed by atoms with Gasteiger partial charge in [-0.05, 0) is 74.3 Å². The maximum Gasteiger partial charge on any atom is 0.0624 e. The molecule has 4 aliphatic rings. The third-order valence-electron chi connectivity index (χ3n) is 7.72. The van der Waals surface area contributed by atoms with Crippen molar-refractivity contribution in [2.75, 3.05) is 0 Å². The van der Waals surface area contributed by atoms with Gasteiger partial charge in [-0.15, -0.1) is 0 Å². The van der Waals surface area contributed by atoms with Crippen LogP contribution in [-0.4, -0.2) is 10.9 Å². The van der Waals surface area contributed by atoms with Crippen molar-refractivity contribution in [3.05, 3.63) is 25.1 Å². The molecule has 0 aromatic heterocycles. The summed E-state index contributed by atoms with van der Waals surface area (Å²) in [6.07, 6.45) is 15.7. The Morgan fingerprint density at radius 3 is 2.73 bits per heavy atom. The highest BCUT2D eigenvalue weighted by Crippen LogP contribution is 2.61. The van der Waals surface area contributed by atoms with E-state index in [1.807, 2.05) is 6.20 Å². The van der Waals surface area contributed by atoms with Crippen LogP contribution < -0.4 is 0 Å². The Hall–Kier alpha value is -1.23. The molecule has 7 atom stereocenters. The fourth-order valence-electron chi connectivity index (χ4n) is 6.76. The summed E-state index contributed by atoms with van der Waals surface area (Å²) in [5.41, 5.74) is 0.343. The summed E-state index contributed by atoms with van der Waals surface area (Å²) >= 11 is 0. The van der Waals surface area contributed by atoms with Crippen LogP contribution in [0.5, 0.6) is 0 Å². The summed E-state index contributed by atoms with van der Waals surface area (Å²) in [6, 6.07) is 3.08. The van der Waals surface area contributed by atoms with Gasteiger partial charge in [0.1, 0.15) is 0 Å². The van der Waals surface area contributed by atoms with Crippen LogP contribution in [0.25, 0.3) is 0 Å². The molecule has 118 valence electrons. The lowest BCUT2D eigenvalue weighted by molar-refractivity contribution is -0.0323. The van der Waals surface area contributed by atoms with E-state index in [1.165, 1.54) is 38.5 Å². The van der Waals surface area contributed by atoms with Crippen molar-refractivity contribution in [2.45, 2.75) is 57.9 Å². The summed E-state index contributed by atoms with van der Waals surface area (Å²) in [4.78, 5) is 2.36. The highest BCUT2D eigenvalue weighted by Gasteiger charge is 2.56. The number of hydrogen-bond donors (Lipinski definition) is 0. The number of nitriles is 1. The van der Waals surface area contributed by atoms with Gasteiger partial charge in [0.25, 0.3) is 0 Å². The molecule has 0 aromatic rings. The number of nitrogens with zero attached hydrogens (tertiary/aromatic N) is 2. The lowest BCUT2D eigenvalue weighted by Crippen LogP contribution is -2.51. The summed E-state index contributed by atoms with van der Waals surface area (Å²) in [6.45, 7) is 6.49. The number of fused-ring (bicyclic) bond motifs is 5. The third-order valence-corrected chi connectivity index (χ3v) is 7.72. The predicted molar refractivity (Wildman–Crippen MR) is 88.5 cm³/mol. The van der Waals surface area contributed by atoms with Crippen molar-refractivity contribution in [3.8, 4) is 6.07 Å². The first-order chi connectivity index (χ1) is 10.7. The van der Waals surface area contributed by atoms with Gasteiger partial charge in [0.15, 0.2) is 0 Å². The fraction of sp³-hybridized carbons (Fsp3) is 0.750. The maximum absolute atomic E-state index is 9.10. The van der Waals surface area contributed by atoms with E-state index in [0.717, 1.165) is 30.1 Å². The molecule has 0 aromatic carbocycles. The lowest BCUT2D eigenvalue weighted by Gasteiger charge is -2.54. The average molecular weight is 296 g/mol. The third kappa shape index (κ3) is 1.84. The molecule has 7 unspecified atom stereocenters. The van der Waals surface area contributed by atoms with Crippen LogP contribution in [0.15, 0.2) is 25.1 Å². The fourth-order valence-corrected chi connectivity index (χ4v) is 6.76. The molecular formula is C20H28N2.